The first-order valence-corrected chi connectivity index (χ1v) is 6.52. The van der Waals surface area contributed by atoms with Gasteiger partial charge in [-0.2, -0.15) is 0 Å². The second-order valence-electron chi connectivity index (χ2n) is 4.88. The summed E-state index contributed by atoms with van der Waals surface area (Å²) in [7, 11) is 0. The molecule has 1 heterocycles. The summed E-state index contributed by atoms with van der Waals surface area (Å²) in [6.07, 6.45) is 0. The highest BCUT2D eigenvalue weighted by Crippen LogP contribution is 2.31. The maximum absolute atomic E-state index is 12.1. The minimum Gasteiger partial charge on any atom is -0.494 e. The first kappa shape index (κ1) is 14.3. The van der Waals surface area contributed by atoms with Gasteiger partial charge in [0.1, 0.15) is 5.75 Å². The smallest absolute Gasteiger partial charge is 0.322 e. The van der Waals surface area contributed by atoms with Crippen molar-refractivity contribution in [3.05, 3.63) is 28.8 Å². The third-order valence-corrected chi connectivity index (χ3v) is 3.53. The highest BCUT2D eigenvalue weighted by molar-refractivity contribution is 6.07. The van der Waals surface area contributed by atoms with Crippen molar-refractivity contribution in [2.24, 2.45) is 5.73 Å². The molecule has 6 heteroatoms. The number of carbonyl (C=O) groups is 2. The lowest BCUT2D eigenvalue weighted by Gasteiger charge is -2.27. The van der Waals surface area contributed by atoms with E-state index in [0.29, 0.717) is 12.2 Å². The summed E-state index contributed by atoms with van der Waals surface area (Å²) in [5, 5.41) is 4.88. The van der Waals surface area contributed by atoms with Crippen LogP contribution in [0, 0.1) is 13.8 Å². The molecule has 0 spiro atoms. The van der Waals surface area contributed by atoms with Gasteiger partial charge in [0, 0.05) is 6.54 Å². The van der Waals surface area contributed by atoms with E-state index >= 15 is 0 Å². The molecule has 1 atom stereocenters. The van der Waals surface area contributed by atoms with Crippen LogP contribution in [0.15, 0.2) is 12.1 Å². The molecule has 1 aromatic rings. The molecular formula is C14H19N3O3. The molecule has 108 valence electrons. The molecule has 4 N–H and O–H groups in total. The van der Waals surface area contributed by atoms with Gasteiger partial charge in [-0.05, 0) is 49.6 Å². The summed E-state index contributed by atoms with van der Waals surface area (Å²) >= 11 is 0. The third-order valence-electron chi connectivity index (χ3n) is 3.53. The van der Waals surface area contributed by atoms with E-state index in [1.54, 1.807) is 0 Å². The van der Waals surface area contributed by atoms with E-state index in [1.165, 1.54) is 0 Å². The van der Waals surface area contributed by atoms with Crippen LogP contribution in [0.2, 0.25) is 0 Å². The monoisotopic (exact) mass is 277 g/mol. The molecule has 0 bridgehead atoms. The number of aryl methyl sites for hydroxylation is 2. The van der Waals surface area contributed by atoms with Gasteiger partial charge in [0.25, 0.3) is 5.91 Å². The molecule has 3 amide bonds. The molecule has 1 saturated heterocycles. The fraction of sp³-hybridized carbons (Fsp3) is 0.429. The predicted molar refractivity (Wildman–Crippen MR) is 74.5 cm³/mol. The summed E-state index contributed by atoms with van der Waals surface area (Å²) in [5.41, 5.74) is 7.01. The quantitative estimate of drug-likeness (QED) is 0.706. The van der Waals surface area contributed by atoms with Crippen molar-refractivity contribution in [3.8, 4) is 5.75 Å². The van der Waals surface area contributed by atoms with Crippen LogP contribution in [-0.2, 0) is 10.3 Å². The number of hydrogen-bond donors (Lipinski definition) is 3. The van der Waals surface area contributed by atoms with E-state index < -0.39 is 17.5 Å². The van der Waals surface area contributed by atoms with Crippen LogP contribution in [0.4, 0.5) is 4.79 Å². The predicted octanol–water partition coefficient (Wildman–Crippen LogP) is 0.696. The highest BCUT2D eigenvalue weighted by Gasteiger charge is 2.47. The van der Waals surface area contributed by atoms with Gasteiger partial charge >= 0.3 is 6.03 Å². The normalized spacial score (nSPS) is 21.6. The van der Waals surface area contributed by atoms with E-state index in [0.717, 1.165) is 16.9 Å². The Morgan fingerprint density at radius 1 is 1.25 bits per heavy atom. The Kier molecular flexibility index (Phi) is 3.67. The number of nitrogens with one attached hydrogen (secondary N) is 2. The Labute approximate surface area is 117 Å². The first-order valence-electron chi connectivity index (χ1n) is 6.52. The summed E-state index contributed by atoms with van der Waals surface area (Å²) in [5.74, 6) is 0.349. The van der Waals surface area contributed by atoms with Crippen LogP contribution in [0.3, 0.4) is 0 Å². The Morgan fingerprint density at radius 2 is 1.95 bits per heavy atom. The molecule has 0 aromatic heterocycles. The second kappa shape index (κ2) is 5.13. The number of carbonyl (C=O) groups excluding carboxylic acids is 2. The molecule has 1 aromatic carbocycles. The number of amides is 3. The second-order valence-corrected chi connectivity index (χ2v) is 4.88. The Bertz CT molecular complexity index is 571. The van der Waals surface area contributed by atoms with Gasteiger partial charge in [-0.25, -0.2) is 4.79 Å². The zero-order chi connectivity index (χ0) is 14.9. The van der Waals surface area contributed by atoms with Crippen molar-refractivity contribution in [1.29, 1.82) is 0 Å². The van der Waals surface area contributed by atoms with Gasteiger partial charge < -0.3 is 15.8 Å². The van der Waals surface area contributed by atoms with E-state index in [9.17, 15) is 9.59 Å². The fourth-order valence-electron chi connectivity index (χ4n) is 2.50. The lowest BCUT2D eigenvalue weighted by atomic mass is 9.85. The van der Waals surface area contributed by atoms with Crippen molar-refractivity contribution >= 4 is 11.9 Å². The summed E-state index contributed by atoms with van der Waals surface area (Å²) in [4.78, 5) is 23.6. The van der Waals surface area contributed by atoms with Gasteiger partial charge in [0.15, 0.2) is 5.54 Å². The first-order chi connectivity index (χ1) is 9.44. The molecule has 1 aliphatic heterocycles. The number of urea groups is 1. The van der Waals surface area contributed by atoms with Crippen molar-refractivity contribution in [2.75, 3.05) is 13.2 Å². The van der Waals surface area contributed by atoms with Crippen LogP contribution in [0.1, 0.15) is 23.6 Å². The minimum absolute atomic E-state index is 0.00116. The number of benzene rings is 1. The molecule has 6 nitrogen and oxygen atoms in total. The van der Waals surface area contributed by atoms with Crippen molar-refractivity contribution in [3.63, 3.8) is 0 Å². The van der Waals surface area contributed by atoms with Gasteiger partial charge in [0.2, 0.25) is 0 Å². The molecule has 0 aliphatic carbocycles. The topological polar surface area (TPSA) is 93.4 Å². The van der Waals surface area contributed by atoms with Crippen molar-refractivity contribution < 1.29 is 14.3 Å². The zero-order valence-corrected chi connectivity index (χ0v) is 11.9. The average molecular weight is 277 g/mol. The van der Waals surface area contributed by atoms with Crippen LogP contribution in [0.25, 0.3) is 0 Å². The van der Waals surface area contributed by atoms with E-state index in [-0.39, 0.29) is 6.54 Å². The maximum atomic E-state index is 12.1. The summed E-state index contributed by atoms with van der Waals surface area (Å²) in [6.45, 7) is 6.24. The molecule has 1 unspecified atom stereocenters. The molecule has 1 aliphatic rings. The molecule has 1 fully saturated rings. The Morgan fingerprint density at radius 3 is 2.45 bits per heavy atom. The van der Waals surface area contributed by atoms with Crippen molar-refractivity contribution in [1.82, 2.24) is 10.6 Å². The van der Waals surface area contributed by atoms with Crippen LogP contribution in [-0.4, -0.2) is 25.1 Å². The maximum Gasteiger partial charge on any atom is 0.322 e. The number of rotatable bonds is 4. The number of ether oxygens (including phenoxy) is 1. The lowest BCUT2D eigenvalue weighted by molar-refractivity contribution is -0.124. The van der Waals surface area contributed by atoms with Crippen LogP contribution in [0.5, 0.6) is 5.75 Å². The van der Waals surface area contributed by atoms with E-state index in [2.05, 4.69) is 10.6 Å². The van der Waals surface area contributed by atoms with Crippen LogP contribution >= 0.6 is 0 Å². The Balaban J connectivity index is 2.54. The molecule has 0 saturated carbocycles. The number of imide groups is 1. The average Bonchev–Trinajstić information content (AvgIpc) is 2.69. The van der Waals surface area contributed by atoms with Gasteiger partial charge in [-0.15, -0.1) is 0 Å². The number of hydrogen-bond acceptors (Lipinski definition) is 4. The fourth-order valence-corrected chi connectivity index (χ4v) is 2.50. The Hall–Kier alpha value is -2.08. The SMILES string of the molecule is CCOc1cc(C)c(C2(CN)NC(=O)NC2=O)cc1C. The number of nitrogens with two attached hydrogens (primary N) is 1. The largest absolute Gasteiger partial charge is 0.494 e. The lowest BCUT2D eigenvalue weighted by Crippen LogP contribution is -2.50. The standard InChI is InChI=1S/C14H19N3O3/c1-4-20-11-6-8(2)10(5-9(11)3)14(7-15)12(18)16-13(19)17-14/h5-6H,4,7,15H2,1-3H3,(H2,16,17,18,19). The van der Waals surface area contributed by atoms with Gasteiger partial charge in [0.05, 0.1) is 6.61 Å². The van der Waals surface area contributed by atoms with Crippen molar-refractivity contribution in [2.45, 2.75) is 26.3 Å². The minimum atomic E-state index is -1.20. The van der Waals surface area contributed by atoms with Gasteiger partial charge in [-0.3, -0.25) is 10.1 Å². The van der Waals surface area contributed by atoms with Crippen LogP contribution < -0.4 is 21.1 Å². The molecule has 0 radical (unpaired) electrons. The molecule has 20 heavy (non-hydrogen) atoms. The van der Waals surface area contributed by atoms with E-state index in [4.69, 9.17) is 10.5 Å². The van der Waals surface area contributed by atoms with Gasteiger partial charge in [-0.1, -0.05) is 0 Å². The third kappa shape index (κ3) is 2.12. The summed E-state index contributed by atoms with van der Waals surface area (Å²) < 4.78 is 5.53. The van der Waals surface area contributed by atoms with E-state index in [1.807, 2.05) is 32.9 Å². The molecule has 2 rings (SSSR count). The highest BCUT2D eigenvalue weighted by atomic mass is 16.5. The zero-order valence-electron chi connectivity index (χ0n) is 11.9. The summed E-state index contributed by atoms with van der Waals surface area (Å²) in [6, 6.07) is 3.19. The molecular weight excluding hydrogens is 258 g/mol.